The average molecular weight is 210 g/mol. The second kappa shape index (κ2) is 3.34. The highest BCUT2D eigenvalue weighted by atomic mass is 15.3. The molecule has 0 saturated carbocycles. The Balaban J connectivity index is 2.33. The van der Waals surface area contributed by atoms with Gasteiger partial charge < -0.3 is 5.73 Å². The van der Waals surface area contributed by atoms with Crippen LogP contribution in [-0.4, -0.2) is 14.8 Å². The molecule has 1 aromatic carbocycles. The molecule has 3 rings (SSSR count). The lowest BCUT2D eigenvalue weighted by molar-refractivity contribution is 0.909. The summed E-state index contributed by atoms with van der Waals surface area (Å²) in [6, 6.07) is 11.7. The zero-order valence-electron chi connectivity index (χ0n) is 8.54. The summed E-state index contributed by atoms with van der Waals surface area (Å²) in [6.07, 6.45) is 3.50. The molecule has 0 radical (unpaired) electrons. The lowest BCUT2D eigenvalue weighted by atomic mass is 10.2. The van der Waals surface area contributed by atoms with Crippen LogP contribution in [0.3, 0.4) is 0 Å². The largest absolute Gasteiger partial charge is 0.382 e. The molecule has 2 N–H and O–H groups in total. The Morgan fingerprint density at radius 2 is 1.94 bits per heavy atom. The first-order chi connectivity index (χ1) is 7.86. The van der Waals surface area contributed by atoms with Crippen LogP contribution in [0.5, 0.6) is 0 Å². The van der Waals surface area contributed by atoms with E-state index in [2.05, 4.69) is 10.1 Å². The van der Waals surface area contributed by atoms with E-state index in [1.54, 1.807) is 17.1 Å². The topological polar surface area (TPSA) is 56.7 Å². The van der Waals surface area contributed by atoms with Gasteiger partial charge in [-0.15, -0.1) is 5.10 Å². The van der Waals surface area contributed by atoms with Gasteiger partial charge in [-0.3, -0.25) is 4.98 Å². The summed E-state index contributed by atoms with van der Waals surface area (Å²) in [5, 5.41) is 5.28. The van der Waals surface area contributed by atoms with E-state index in [-0.39, 0.29) is 0 Å². The SMILES string of the molecule is Nc1nn(-c2cccnc2)c2ccccc12. The molecule has 0 aliphatic rings. The molecule has 0 amide bonds. The van der Waals surface area contributed by atoms with Crippen molar-refractivity contribution in [2.75, 3.05) is 5.73 Å². The summed E-state index contributed by atoms with van der Waals surface area (Å²) >= 11 is 0. The van der Waals surface area contributed by atoms with Gasteiger partial charge in [-0.05, 0) is 24.3 Å². The van der Waals surface area contributed by atoms with Gasteiger partial charge in [0.1, 0.15) is 0 Å². The number of rotatable bonds is 1. The van der Waals surface area contributed by atoms with Crippen molar-refractivity contribution < 1.29 is 0 Å². The van der Waals surface area contributed by atoms with Gasteiger partial charge >= 0.3 is 0 Å². The maximum Gasteiger partial charge on any atom is 0.153 e. The molecule has 16 heavy (non-hydrogen) atoms. The molecule has 0 saturated heterocycles. The van der Waals surface area contributed by atoms with Crippen LogP contribution in [0.2, 0.25) is 0 Å². The predicted octanol–water partition coefficient (Wildman–Crippen LogP) is 2.00. The van der Waals surface area contributed by atoms with Crippen LogP contribution in [-0.2, 0) is 0 Å². The van der Waals surface area contributed by atoms with Crippen molar-refractivity contribution in [1.82, 2.24) is 14.8 Å². The highest BCUT2D eigenvalue weighted by Crippen LogP contribution is 2.22. The first-order valence-corrected chi connectivity index (χ1v) is 5.00. The Bertz CT molecular complexity index is 628. The minimum absolute atomic E-state index is 0.541. The van der Waals surface area contributed by atoms with Gasteiger partial charge in [0.25, 0.3) is 0 Å². The molecule has 0 atom stereocenters. The van der Waals surface area contributed by atoms with Crippen molar-refractivity contribution in [1.29, 1.82) is 0 Å². The first kappa shape index (κ1) is 8.91. The third-order valence-corrected chi connectivity index (χ3v) is 2.51. The van der Waals surface area contributed by atoms with Crippen LogP contribution >= 0.6 is 0 Å². The van der Waals surface area contributed by atoms with Gasteiger partial charge in [0.2, 0.25) is 0 Å². The third kappa shape index (κ3) is 1.24. The first-order valence-electron chi connectivity index (χ1n) is 5.00. The van der Waals surface area contributed by atoms with E-state index >= 15 is 0 Å². The average Bonchev–Trinajstić information content (AvgIpc) is 2.69. The number of nitrogens with two attached hydrogens (primary N) is 1. The Kier molecular flexibility index (Phi) is 1.86. The van der Waals surface area contributed by atoms with E-state index in [0.717, 1.165) is 16.6 Å². The zero-order valence-corrected chi connectivity index (χ0v) is 8.54. The van der Waals surface area contributed by atoms with E-state index in [1.165, 1.54) is 0 Å². The van der Waals surface area contributed by atoms with Crippen LogP contribution in [0.25, 0.3) is 16.6 Å². The Morgan fingerprint density at radius 1 is 1.06 bits per heavy atom. The number of benzene rings is 1. The van der Waals surface area contributed by atoms with Gasteiger partial charge in [0.15, 0.2) is 5.82 Å². The van der Waals surface area contributed by atoms with E-state index in [0.29, 0.717) is 5.82 Å². The van der Waals surface area contributed by atoms with E-state index in [9.17, 15) is 0 Å². The number of nitrogen functional groups attached to an aromatic ring is 1. The number of aromatic nitrogens is 3. The molecule has 2 aromatic heterocycles. The van der Waals surface area contributed by atoms with Crippen LogP contribution in [0.4, 0.5) is 5.82 Å². The predicted molar refractivity (Wildman–Crippen MR) is 63.3 cm³/mol. The quantitative estimate of drug-likeness (QED) is 0.668. The maximum atomic E-state index is 5.86. The molecule has 0 aliphatic carbocycles. The molecule has 0 bridgehead atoms. The third-order valence-electron chi connectivity index (χ3n) is 2.51. The molecule has 0 aliphatic heterocycles. The molecule has 2 heterocycles. The molecule has 0 spiro atoms. The van der Waals surface area contributed by atoms with Gasteiger partial charge in [-0.1, -0.05) is 12.1 Å². The Hall–Kier alpha value is -2.36. The highest BCUT2D eigenvalue weighted by Gasteiger charge is 2.07. The van der Waals surface area contributed by atoms with Gasteiger partial charge in [0, 0.05) is 11.6 Å². The fraction of sp³-hybridized carbons (Fsp3) is 0. The maximum absolute atomic E-state index is 5.86. The molecule has 0 unspecified atom stereocenters. The lowest BCUT2D eigenvalue weighted by Gasteiger charge is -2.01. The van der Waals surface area contributed by atoms with Crippen molar-refractivity contribution in [3.63, 3.8) is 0 Å². The minimum Gasteiger partial charge on any atom is -0.382 e. The number of para-hydroxylation sites is 1. The van der Waals surface area contributed by atoms with E-state index < -0.39 is 0 Å². The normalized spacial score (nSPS) is 10.8. The minimum atomic E-state index is 0.541. The van der Waals surface area contributed by atoms with Crippen molar-refractivity contribution in [2.24, 2.45) is 0 Å². The number of hydrogen-bond donors (Lipinski definition) is 1. The summed E-state index contributed by atoms with van der Waals surface area (Å²) in [6.45, 7) is 0. The summed E-state index contributed by atoms with van der Waals surface area (Å²) in [5.41, 5.74) is 7.77. The fourth-order valence-electron chi connectivity index (χ4n) is 1.77. The lowest BCUT2D eigenvalue weighted by Crippen LogP contribution is -1.97. The molecule has 4 nitrogen and oxygen atoms in total. The summed E-state index contributed by atoms with van der Waals surface area (Å²) in [5.74, 6) is 0.541. The summed E-state index contributed by atoms with van der Waals surface area (Å²) in [4.78, 5) is 4.08. The standard InChI is InChI=1S/C12H10N4/c13-12-10-5-1-2-6-11(10)16(15-12)9-4-3-7-14-8-9/h1-8H,(H2,13,15). The number of nitrogens with zero attached hydrogens (tertiary/aromatic N) is 3. The number of hydrogen-bond acceptors (Lipinski definition) is 3. The van der Waals surface area contributed by atoms with E-state index in [1.807, 2.05) is 36.4 Å². The molecular weight excluding hydrogens is 200 g/mol. The van der Waals surface area contributed by atoms with Crippen molar-refractivity contribution in [3.05, 3.63) is 48.8 Å². The van der Waals surface area contributed by atoms with Crippen molar-refractivity contribution in [2.45, 2.75) is 0 Å². The fourth-order valence-corrected chi connectivity index (χ4v) is 1.77. The monoisotopic (exact) mass is 210 g/mol. The Morgan fingerprint density at radius 3 is 2.75 bits per heavy atom. The molecule has 4 heteroatoms. The number of fused-ring (bicyclic) bond motifs is 1. The van der Waals surface area contributed by atoms with Crippen LogP contribution in [0, 0.1) is 0 Å². The molecular formula is C12H10N4. The number of anilines is 1. The zero-order chi connectivity index (χ0) is 11.0. The Labute approximate surface area is 92.3 Å². The summed E-state index contributed by atoms with van der Waals surface area (Å²) in [7, 11) is 0. The molecule has 0 fully saturated rings. The van der Waals surface area contributed by atoms with Gasteiger partial charge in [0.05, 0.1) is 17.4 Å². The second-order valence-corrected chi connectivity index (χ2v) is 3.53. The second-order valence-electron chi connectivity index (χ2n) is 3.53. The smallest absolute Gasteiger partial charge is 0.153 e. The van der Waals surface area contributed by atoms with Crippen LogP contribution in [0.1, 0.15) is 0 Å². The number of pyridine rings is 1. The van der Waals surface area contributed by atoms with Crippen LogP contribution < -0.4 is 5.73 Å². The van der Waals surface area contributed by atoms with Crippen molar-refractivity contribution in [3.8, 4) is 5.69 Å². The molecule has 78 valence electrons. The van der Waals surface area contributed by atoms with Gasteiger partial charge in [-0.25, -0.2) is 4.68 Å². The van der Waals surface area contributed by atoms with Gasteiger partial charge in [-0.2, -0.15) is 0 Å². The van der Waals surface area contributed by atoms with E-state index in [4.69, 9.17) is 5.73 Å². The van der Waals surface area contributed by atoms with Crippen LogP contribution in [0.15, 0.2) is 48.8 Å². The summed E-state index contributed by atoms with van der Waals surface area (Å²) < 4.78 is 1.80. The van der Waals surface area contributed by atoms with Crippen molar-refractivity contribution >= 4 is 16.7 Å². The highest BCUT2D eigenvalue weighted by molar-refractivity contribution is 5.90. The molecule has 3 aromatic rings.